The molecule has 0 radical (unpaired) electrons. The van der Waals surface area contributed by atoms with Crippen LogP contribution in [-0.2, 0) is 26.7 Å². The van der Waals surface area contributed by atoms with E-state index in [1.165, 1.54) is 0 Å². The summed E-state index contributed by atoms with van der Waals surface area (Å²) in [6.45, 7) is 0. The number of hydrogen-bond acceptors (Lipinski definition) is 3. The van der Waals surface area contributed by atoms with Gasteiger partial charge in [-0.25, -0.2) is 17.2 Å². The maximum atomic E-state index is 15.0. The molecule has 3 aromatic carbocycles. The van der Waals surface area contributed by atoms with Gasteiger partial charge in [0.15, 0.2) is 9.84 Å². The first-order chi connectivity index (χ1) is 19.1. The molecule has 220 valence electrons. The maximum absolute atomic E-state index is 15.0. The van der Waals surface area contributed by atoms with Crippen molar-refractivity contribution in [3.05, 3.63) is 95.3 Å². The number of anilines is 1. The standard InChI is InChI=1S/C29H25F8NO2S/c30-20-10-12-22(13-11-20)41(39,40)26-16-15-25(38-21-6-2-1-3-7-21)24(26)8-4-5-18-17-19(9-14-23(18)26)27(31,28(32,33)34)29(35,36)37/h1-3,6-7,9-14,17,24-25,38H,4-5,8,15-16H2/t24-,25+,26+/m0/s1. The molecule has 2 aliphatic carbocycles. The van der Waals surface area contributed by atoms with Gasteiger partial charge in [0, 0.05) is 23.2 Å². The van der Waals surface area contributed by atoms with Gasteiger partial charge in [-0.3, -0.25) is 0 Å². The van der Waals surface area contributed by atoms with Gasteiger partial charge in [0.1, 0.15) is 10.6 Å². The van der Waals surface area contributed by atoms with Gasteiger partial charge in [-0.05, 0) is 79.6 Å². The van der Waals surface area contributed by atoms with E-state index in [2.05, 4.69) is 5.32 Å². The quantitative estimate of drug-likeness (QED) is 0.237. The fourth-order valence-electron chi connectivity index (χ4n) is 6.50. The number of aryl methyl sites for hydroxylation is 1. The molecule has 3 atom stereocenters. The molecule has 1 fully saturated rings. The predicted molar refractivity (Wildman–Crippen MR) is 136 cm³/mol. The summed E-state index contributed by atoms with van der Waals surface area (Å²) in [5, 5.41) is 3.35. The van der Waals surface area contributed by atoms with Gasteiger partial charge in [0.05, 0.1) is 4.90 Å². The Hall–Kier alpha value is -3.15. The van der Waals surface area contributed by atoms with E-state index >= 15 is 4.39 Å². The third-order valence-electron chi connectivity index (χ3n) is 8.34. The molecule has 3 aromatic rings. The van der Waals surface area contributed by atoms with Crippen LogP contribution in [0.2, 0.25) is 0 Å². The monoisotopic (exact) mass is 603 g/mol. The molecule has 0 aromatic heterocycles. The SMILES string of the molecule is O=S(=O)(c1ccc(F)cc1)[C@@]12CC[C@@H](Nc3ccccc3)[C@@H]1CCCc1cc(C(F)(C(F)(F)F)C(F)(F)F)ccc12. The molecule has 0 unspecified atom stereocenters. The number of fused-ring (bicyclic) bond motifs is 3. The van der Waals surface area contributed by atoms with Crippen LogP contribution in [0.1, 0.15) is 42.4 Å². The highest BCUT2D eigenvalue weighted by Gasteiger charge is 2.73. The van der Waals surface area contributed by atoms with E-state index in [0.717, 1.165) is 30.3 Å². The van der Waals surface area contributed by atoms with Crippen LogP contribution in [0, 0.1) is 11.7 Å². The highest BCUT2D eigenvalue weighted by atomic mass is 32.2. The van der Waals surface area contributed by atoms with Crippen molar-refractivity contribution in [2.75, 3.05) is 5.32 Å². The van der Waals surface area contributed by atoms with Crippen LogP contribution in [0.25, 0.3) is 0 Å². The average Bonchev–Trinajstić information content (AvgIpc) is 3.17. The predicted octanol–water partition coefficient (Wildman–Crippen LogP) is 8.01. The van der Waals surface area contributed by atoms with Gasteiger partial charge >= 0.3 is 18.0 Å². The van der Waals surface area contributed by atoms with E-state index in [1.807, 2.05) is 0 Å². The number of para-hydroxylation sites is 1. The zero-order chi connectivity index (χ0) is 29.8. The third kappa shape index (κ3) is 4.58. The molecule has 0 spiro atoms. The maximum Gasteiger partial charge on any atom is 0.435 e. The minimum Gasteiger partial charge on any atom is -0.382 e. The summed E-state index contributed by atoms with van der Waals surface area (Å²) in [7, 11) is -4.39. The molecule has 1 N–H and O–H groups in total. The highest BCUT2D eigenvalue weighted by Crippen LogP contribution is 2.58. The Kier molecular flexibility index (Phi) is 7.15. The molecule has 0 aliphatic heterocycles. The lowest BCUT2D eigenvalue weighted by atomic mass is 9.82. The highest BCUT2D eigenvalue weighted by molar-refractivity contribution is 7.92. The summed E-state index contributed by atoms with van der Waals surface area (Å²) in [4.78, 5) is -0.230. The molecule has 3 nitrogen and oxygen atoms in total. The van der Waals surface area contributed by atoms with Crippen LogP contribution < -0.4 is 5.32 Å². The van der Waals surface area contributed by atoms with Crippen LogP contribution in [0.15, 0.2) is 77.7 Å². The van der Waals surface area contributed by atoms with E-state index in [4.69, 9.17) is 0 Å². The summed E-state index contributed by atoms with van der Waals surface area (Å²) < 4.78 is 137. The first-order valence-corrected chi connectivity index (χ1v) is 14.4. The minimum absolute atomic E-state index is 0.00642. The largest absolute Gasteiger partial charge is 0.435 e. The number of nitrogens with one attached hydrogen (secondary N) is 1. The van der Waals surface area contributed by atoms with Crippen molar-refractivity contribution in [1.82, 2.24) is 0 Å². The van der Waals surface area contributed by atoms with Crippen molar-refractivity contribution in [3.63, 3.8) is 0 Å². The van der Waals surface area contributed by atoms with Crippen molar-refractivity contribution in [3.8, 4) is 0 Å². The van der Waals surface area contributed by atoms with Gasteiger partial charge in [0.25, 0.3) is 0 Å². The smallest absolute Gasteiger partial charge is 0.382 e. The van der Waals surface area contributed by atoms with Crippen LogP contribution in [0.5, 0.6) is 0 Å². The number of alkyl halides is 7. The molecule has 0 heterocycles. The summed E-state index contributed by atoms with van der Waals surface area (Å²) in [5.74, 6) is -1.33. The number of sulfone groups is 1. The summed E-state index contributed by atoms with van der Waals surface area (Å²) in [5.41, 5.74) is -6.63. The molecular weight excluding hydrogens is 578 g/mol. The number of hydrogen-bond donors (Lipinski definition) is 1. The van der Waals surface area contributed by atoms with Crippen molar-refractivity contribution >= 4 is 15.5 Å². The average molecular weight is 604 g/mol. The van der Waals surface area contributed by atoms with Crippen molar-refractivity contribution in [1.29, 1.82) is 0 Å². The second-order valence-electron chi connectivity index (χ2n) is 10.5. The van der Waals surface area contributed by atoms with Gasteiger partial charge < -0.3 is 5.32 Å². The van der Waals surface area contributed by atoms with Gasteiger partial charge in [-0.15, -0.1) is 0 Å². The first kappa shape index (κ1) is 29.3. The Bertz CT molecular complexity index is 1510. The Morgan fingerprint density at radius 3 is 2.05 bits per heavy atom. The lowest BCUT2D eigenvalue weighted by molar-refractivity contribution is -0.348. The number of rotatable bonds is 5. The number of benzene rings is 3. The van der Waals surface area contributed by atoms with Gasteiger partial charge in [0.2, 0.25) is 0 Å². The van der Waals surface area contributed by atoms with E-state index in [-0.39, 0.29) is 41.7 Å². The first-order valence-electron chi connectivity index (χ1n) is 12.9. The van der Waals surface area contributed by atoms with E-state index in [9.17, 15) is 39.2 Å². The molecule has 12 heteroatoms. The van der Waals surface area contributed by atoms with Crippen LogP contribution in [0.4, 0.5) is 40.8 Å². The normalized spacial score (nSPS) is 23.4. The van der Waals surface area contributed by atoms with E-state index < -0.39 is 55.9 Å². The summed E-state index contributed by atoms with van der Waals surface area (Å²) in [6.07, 6.45) is -11.8. The molecule has 5 rings (SSSR count). The summed E-state index contributed by atoms with van der Waals surface area (Å²) >= 11 is 0. The van der Waals surface area contributed by atoms with Crippen LogP contribution in [-0.4, -0.2) is 26.8 Å². The van der Waals surface area contributed by atoms with Crippen molar-refractivity contribution in [2.24, 2.45) is 5.92 Å². The zero-order valence-electron chi connectivity index (χ0n) is 21.4. The van der Waals surface area contributed by atoms with Gasteiger partial charge in [-0.2, -0.15) is 26.3 Å². The van der Waals surface area contributed by atoms with Crippen LogP contribution in [0.3, 0.4) is 0 Å². The Morgan fingerprint density at radius 1 is 0.805 bits per heavy atom. The van der Waals surface area contributed by atoms with Crippen molar-refractivity contribution < 1.29 is 43.5 Å². The lowest BCUT2D eigenvalue weighted by Gasteiger charge is -2.38. The molecule has 1 saturated carbocycles. The Balaban J connectivity index is 1.71. The second kappa shape index (κ2) is 9.99. The topological polar surface area (TPSA) is 46.2 Å². The third-order valence-corrected chi connectivity index (χ3v) is 10.9. The lowest BCUT2D eigenvalue weighted by Crippen LogP contribution is -2.50. The van der Waals surface area contributed by atoms with Crippen molar-refractivity contribution in [2.45, 2.75) is 65.8 Å². The number of halogens is 8. The molecule has 0 bridgehead atoms. The zero-order valence-corrected chi connectivity index (χ0v) is 22.2. The summed E-state index contributed by atoms with van der Waals surface area (Å²) in [6, 6.07) is 14.5. The fraction of sp³-hybridized carbons (Fsp3) is 0.379. The van der Waals surface area contributed by atoms with E-state index in [0.29, 0.717) is 24.2 Å². The molecule has 41 heavy (non-hydrogen) atoms. The Morgan fingerprint density at radius 2 is 1.44 bits per heavy atom. The van der Waals surface area contributed by atoms with E-state index in [1.54, 1.807) is 30.3 Å². The Labute approximate surface area is 231 Å². The molecular formula is C29H25F8NO2S. The second-order valence-corrected chi connectivity index (χ2v) is 12.7. The fourth-order valence-corrected chi connectivity index (χ4v) is 8.97. The minimum atomic E-state index is -6.30. The van der Waals surface area contributed by atoms with Crippen LogP contribution >= 0.6 is 0 Å². The molecule has 2 aliphatic rings. The molecule has 0 saturated heterocycles. The molecule has 0 amide bonds. The van der Waals surface area contributed by atoms with Gasteiger partial charge in [-0.1, -0.05) is 36.4 Å².